The molecule has 1 unspecified atom stereocenters. The maximum atomic E-state index is 12.2. The second-order valence-corrected chi connectivity index (χ2v) is 7.22. The van der Waals surface area contributed by atoms with Crippen LogP contribution in [0.4, 0.5) is 4.79 Å². The minimum Gasteiger partial charge on any atom is -0.445 e. The van der Waals surface area contributed by atoms with Gasteiger partial charge in [0.2, 0.25) is 0 Å². The minimum atomic E-state index is -0.269. The molecule has 132 valence electrons. The van der Waals surface area contributed by atoms with Crippen LogP contribution in [0.5, 0.6) is 0 Å². The van der Waals surface area contributed by atoms with E-state index in [1.165, 1.54) is 51.6 Å². The van der Waals surface area contributed by atoms with E-state index in [1.807, 2.05) is 30.3 Å². The molecule has 2 atom stereocenters. The molecule has 0 spiro atoms. The molecule has 4 heteroatoms. The Kier molecular flexibility index (Phi) is 6.53. The summed E-state index contributed by atoms with van der Waals surface area (Å²) in [6, 6.07) is 10.1. The van der Waals surface area contributed by atoms with Gasteiger partial charge in [0.05, 0.1) is 0 Å². The number of nitrogens with one attached hydrogen (secondary N) is 1. The average molecular weight is 330 g/mol. The van der Waals surface area contributed by atoms with Crippen LogP contribution >= 0.6 is 0 Å². The third-order valence-corrected chi connectivity index (χ3v) is 5.37. The molecule has 1 aromatic rings. The fraction of sp³-hybridized carbons (Fsp3) is 0.650. The van der Waals surface area contributed by atoms with Crippen molar-refractivity contribution >= 4 is 6.09 Å². The van der Waals surface area contributed by atoms with E-state index in [0.717, 1.165) is 18.5 Å². The maximum Gasteiger partial charge on any atom is 0.407 e. The Bertz CT molecular complexity index is 500. The summed E-state index contributed by atoms with van der Waals surface area (Å²) in [6.45, 7) is 3.92. The SMILES string of the molecule is O=C(NC1CCCC[C@H]1CN1CCCCC1)OCc1ccccc1. The molecule has 1 saturated heterocycles. The van der Waals surface area contributed by atoms with E-state index in [2.05, 4.69) is 10.2 Å². The molecule has 1 heterocycles. The molecular weight excluding hydrogens is 300 g/mol. The molecule has 1 aromatic carbocycles. The van der Waals surface area contributed by atoms with Gasteiger partial charge in [-0.15, -0.1) is 0 Å². The van der Waals surface area contributed by atoms with E-state index in [-0.39, 0.29) is 12.1 Å². The van der Waals surface area contributed by atoms with Gasteiger partial charge in [-0.2, -0.15) is 0 Å². The summed E-state index contributed by atoms with van der Waals surface area (Å²) in [6.07, 6.45) is 8.55. The number of alkyl carbamates (subject to hydrolysis) is 1. The molecule has 1 saturated carbocycles. The zero-order valence-corrected chi connectivity index (χ0v) is 14.6. The fourth-order valence-electron chi connectivity index (χ4n) is 4.01. The van der Waals surface area contributed by atoms with Crippen molar-refractivity contribution in [2.75, 3.05) is 19.6 Å². The number of piperidine rings is 1. The molecule has 4 nitrogen and oxygen atoms in total. The Morgan fingerprint density at radius 3 is 2.58 bits per heavy atom. The molecule has 1 amide bonds. The van der Waals surface area contributed by atoms with E-state index in [9.17, 15) is 4.79 Å². The highest BCUT2D eigenvalue weighted by Crippen LogP contribution is 2.26. The van der Waals surface area contributed by atoms with E-state index in [0.29, 0.717) is 12.5 Å². The highest BCUT2D eigenvalue weighted by molar-refractivity contribution is 5.67. The molecule has 2 fully saturated rings. The number of ether oxygens (including phenoxy) is 1. The smallest absolute Gasteiger partial charge is 0.407 e. The van der Waals surface area contributed by atoms with E-state index in [4.69, 9.17) is 4.74 Å². The third kappa shape index (κ3) is 5.23. The van der Waals surface area contributed by atoms with Crippen molar-refractivity contribution in [2.45, 2.75) is 57.6 Å². The minimum absolute atomic E-state index is 0.268. The Labute approximate surface area is 145 Å². The van der Waals surface area contributed by atoms with E-state index < -0.39 is 0 Å². The van der Waals surface area contributed by atoms with Gasteiger partial charge in [0.25, 0.3) is 0 Å². The number of likely N-dealkylation sites (tertiary alicyclic amines) is 1. The first-order valence-electron chi connectivity index (χ1n) is 9.51. The van der Waals surface area contributed by atoms with Crippen LogP contribution < -0.4 is 5.32 Å². The van der Waals surface area contributed by atoms with Gasteiger partial charge in [-0.3, -0.25) is 0 Å². The first-order valence-corrected chi connectivity index (χ1v) is 9.51. The lowest BCUT2D eigenvalue weighted by Gasteiger charge is -2.37. The number of hydrogen-bond acceptors (Lipinski definition) is 3. The molecule has 0 radical (unpaired) electrons. The number of carbonyl (C=O) groups excluding carboxylic acids is 1. The molecule has 0 aromatic heterocycles. The predicted octanol–water partition coefficient (Wildman–Crippen LogP) is 3.96. The first kappa shape index (κ1) is 17.3. The van der Waals surface area contributed by atoms with Gasteiger partial charge in [0, 0.05) is 12.6 Å². The normalized spacial score (nSPS) is 25.2. The zero-order valence-electron chi connectivity index (χ0n) is 14.6. The van der Waals surface area contributed by atoms with Crippen molar-refractivity contribution < 1.29 is 9.53 Å². The number of hydrogen-bond donors (Lipinski definition) is 1. The summed E-state index contributed by atoms with van der Waals surface area (Å²) in [5.41, 5.74) is 1.03. The van der Waals surface area contributed by atoms with Gasteiger partial charge in [0.1, 0.15) is 6.61 Å². The molecule has 1 N–H and O–H groups in total. The van der Waals surface area contributed by atoms with Crippen LogP contribution in [0.15, 0.2) is 30.3 Å². The number of carbonyl (C=O) groups is 1. The number of nitrogens with zero attached hydrogens (tertiary/aromatic N) is 1. The monoisotopic (exact) mass is 330 g/mol. The second kappa shape index (κ2) is 9.07. The Hall–Kier alpha value is -1.55. The van der Waals surface area contributed by atoms with Crippen LogP contribution in [0.1, 0.15) is 50.5 Å². The quantitative estimate of drug-likeness (QED) is 0.888. The van der Waals surface area contributed by atoms with Crippen molar-refractivity contribution in [1.82, 2.24) is 10.2 Å². The lowest BCUT2D eigenvalue weighted by Crippen LogP contribution is -2.47. The topological polar surface area (TPSA) is 41.6 Å². The average Bonchev–Trinajstić information content (AvgIpc) is 2.63. The van der Waals surface area contributed by atoms with Gasteiger partial charge in [-0.25, -0.2) is 4.79 Å². The van der Waals surface area contributed by atoms with Gasteiger partial charge >= 0.3 is 6.09 Å². The summed E-state index contributed by atoms with van der Waals surface area (Å²) < 4.78 is 5.41. The van der Waals surface area contributed by atoms with Crippen LogP contribution in [0.25, 0.3) is 0 Å². The summed E-state index contributed by atoms with van der Waals surface area (Å²) >= 11 is 0. The lowest BCUT2D eigenvalue weighted by atomic mass is 9.84. The largest absolute Gasteiger partial charge is 0.445 e. The maximum absolute atomic E-state index is 12.2. The molecule has 3 rings (SSSR count). The molecule has 1 aliphatic heterocycles. The van der Waals surface area contributed by atoms with Crippen molar-refractivity contribution in [3.05, 3.63) is 35.9 Å². The number of amides is 1. The Morgan fingerprint density at radius 1 is 1.04 bits per heavy atom. The van der Waals surface area contributed by atoms with Crippen molar-refractivity contribution in [2.24, 2.45) is 5.92 Å². The second-order valence-electron chi connectivity index (χ2n) is 7.22. The van der Waals surface area contributed by atoms with Crippen LogP contribution in [0.2, 0.25) is 0 Å². The number of benzene rings is 1. The zero-order chi connectivity index (χ0) is 16.6. The molecule has 24 heavy (non-hydrogen) atoms. The van der Waals surface area contributed by atoms with Crippen molar-refractivity contribution in [3.63, 3.8) is 0 Å². The third-order valence-electron chi connectivity index (χ3n) is 5.37. The lowest BCUT2D eigenvalue weighted by molar-refractivity contribution is 0.114. The van der Waals surface area contributed by atoms with Crippen LogP contribution in [0, 0.1) is 5.92 Å². The highest BCUT2D eigenvalue weighted by Gasteiger charge is 2.28. The summed E-state index contributed by atoms with van der Waals surface area (Å²) in [5, 5.41) is 3.14. The molecule has 2 aliphatic rings. The van der Waals surface area contributed by atoms with Gasteiger partial charge < -0.3 is 15.0 Å². The molecule has 1 aliphatic carbocycles. The van der Waals surface area contributed by atoms with E-state index in [1.54, 1.807) is 0 Å². The van der Waals surface area contributed by atoms with Crippen LogP contribution in [-0.4, -0.2) is 36.7 Å². The van der Waals surface area contributed by atoms with Gasteiger partial charge in [-0.05, 0) is 50.3 Å². The summed E-state index contributed by atoms with van der Waals surface area (Å²) in [7, 11) is 0. The van der Waals surface area contributed by atoms with Crippen molar-refractivity contribution in [1.29, 1.82) is 0 Å². The fourth-order valence-corrected chi connectivity index (χ4v) is 4.01. The van der Waals surface area contributed by atoms with Crippen LogP contribution in [0.3, 0.4) is 0 Å². The summed E-state index contributed by atoms with van der Waals surface area (Å²) in [5.74, 6) is 0.570. The standard InChI is InChI=1S/C20H30N2O2/c23-20(24-16-17-9-3-1-4-10-17)21-19-12-6-5-11-18(19)15-22-13-7-2-8-14-22/h1,3-4,9-10,18-19H,2,5-8,11-16H2,(H,21,23)/t18-,19?/m0/s1. The van der Waals surface area contributed by atoms with Crippen molar-refractivity contribution in [3.8, 4) is 0 Å². The summed E-state index contributed by atoms with van der Waals surface area (Å²) in [4.78, 5) is 14.8. The Balaban J connectivity index is 1.46. The van der Waals surface area contributed by atoms with E-state index >= 15 is 0 Å². The highest BCUT2D eigenvalue weighted by atomic mass is 16.5. The molecule has 0 bridgehead atoms. The molecular formula is C20H30N2O2. The Morgan fingerprint density at radius 2 is 1.79 bits per heavy atom. The predicted molar refractivity (Wildman–Crippen MR) is 95.8 cm³/mol. The van der Waals surface area contributed by atoms with Crippen LogP contribution in [-0.2, 0) is 11.3 Å². The van der Waals surface area contributed by atoms with Gasteiger partial charge in [0.15, 0.2) is 0 Å². The van der Waals surface area contributed by atoms with Gasteiger partial charge in [-0.1, -0.05) is 49.6 Å². The first-order chi connectivity index (χ1) is 11.8. The number of rotatable bonds is 5.